The highest BCUT2D eigenvalue weighted by Gasteiger charge is 2.18. The van der Waals surface area contributed by atoms with E-state index in [4.69, 9.17) is 5.73 Å². The van der Waals surface area contributed by atoms with Gasteiger partial charge >= 0.3 is 0 Å². The first-order valence-electron chi connectivity index (χ1n) is 6.19. The van der Waals surface area contributed by atoms with Crippen molar-refractivity contribution in [2.75, 3.05) is 0 Å². The average Bonchev–Trinajstić information content (AvgIpc) is 2.80. The van der Waals surface area contributed by atoms with Gasteiger partial charge in [-0.1, -0.05) is 69.3 Å². The molecule has 0 radical (unpaired) electrons. The molecule has 1 aromatic carbocycles. The van der Waals surface area contributed by atoms with Crippen molar-refractivity contribution in [1.82, 2.24) is 0 Å². The van der Waals surface area contributed by atoms with Crippen LogP contribution < -0.4 is 5.73 Å². The Hall–Kier alpha value is -1.34. The number of rotatable bonds is 2. The van der Waals surface area contributed by atoms with E-state index in [0.717, 1.165) is 0 Å². The van der Waals surface area contributed by atoms with Gasteiger partial charge in [-0.25, -0.2) is 0 Å². The Kier molecular flexibility index (Phi) is 3.21. The number of hydrogen-bond acceptors (Lipinski definition) is 1. The molecule has 1 aromatic rings. The summed E-state index contributed by atoms with van der Waals surface area (Å²) in [7, 11) is 0. The number of allylic oxidation sites excluding steroid dienone is 2. The van der Waals surface area contributed by atoms with Gasteiger partial charge in [0.15, 0.2) is 0 Å². The topological polar surface area (TPSA) is 26.0 Å². The molecule has 1 aliphatic rings. The maximum Gasteiger partial charge on any atom is 0.0393 e. The number of nitrogens with two attached hydrogens (primary N) is 1. The smallest absolute Gasteiger partial charge is 0.0393 e. The lowest BCUT2D eigenvalue weighted by Gasteiger charge is -2.21. The van der Waals surface area contributed by atoms with Crippen molar-refractivity contribution in [3.05, 3.63) is 59.7 Å². The van der Waals surface area contributed by atoms with Crippen LogP contribution in [0.4, 0.5) is 0 Å². The molecule has 0 saturated heterocycles. The molecule has 90 valence electrons. The van der Waals surface area contributed by atoms with Crippen molar-refractivity contribution in [3.8, 4) is 0 Å². The second kappa shape index (κ2) is 4.50. The van der Waals surface area contributed by atoms with Gasteiger partial charge in [0.1, 0.15) is 0 Å². The summed E-state index contributed by atoms with van der Waals surface area (Å²) in [4.78, 5) is 0. The third-order valence-corrected chi connectivity index (χ3v) is 3.35. The first kappa shape index (κ1) is 12.1. The van der Waals surface area contributed by atoms with Crippen LogP contribution in [0.3, 0.4) is 0 Å². The van der Waals surface area contributed by atoms with E-state index in [1.54, 1.807) is 0 Å². The molecule has 1 heteroatoms. The molecular formula is C16H21N. The molecule has 0 aliphatic heterocycles. The van der Waals surface area contributed by atoms with Gasteiger partial charge < -0.3 is 5.73 Å². The summed E-state index contributed by atoms with van der Waals surface area (Å²) < 4.78 is 0. The standard InChI is InChI=1S/C16H21N/c1-16(2,3)14-10-8-13(9-11-14)15(17)12-6-4-5-7-12/h4-12,15H,17H2,1-3H3/t15-/m0/s1. The van der Waals surface area contributed by atoms with E-state index in [1.165, 1.54) is 11.1 Å². The van der Waals surface area contributed by atoms with Gasteiger partial charge in [0.05, 0.1) is 0 Å². The Morgan fingerprint density at radius 2 is 1.53 bits per heavy atom. The third kappa shape index (κ3) is 2.67. The molecule has 0 bridgehead atoms. The Balaban J connectivity index is 2.18. The fraction of sp³-hybridized carbons (Fsp3) is 0.375. The lowest BCUT2D eigenvalue weighted by molar-refractivity contribution is 0.586. The second-order valence-corrected chi connectivity index (χ2v) is 5.74. The van der Waals surface area contributed by atoms with Crippen molar-refractivity contribution in [2.45, 2.75) is 32.2 Å². The van der Waals surface area contributed by atoms with Gasteiger partial charge in [0.2, 0.25) is 0 Å². The van der Waals surface area contributed by atoms with Crippen LogP contribution in [0, 0.1) is 5.92 Å². The first-order chi connectivity index (χ1) is 7.98. The molecule has 1 atom stereocenters. The van der Waals surface area contributed by atoms with Crippen molar-refractivity contribution < 1.29 is 0 Å². The maximum absolute atomic E-state index is 6.26. The van der Waals surface area contributed by atoms with Crippen LogP contribution in [0.15, 0.2) is 48.6 Å². The van der Waals surface area contributed by atoms with Crippen molar-refractivity contribution >= 4 is 0 Å². The molecule has 0 aromatic heterocycles. The summed E-state index contributed by atoms with van der Waals surface area (Å²) in [6.45, 7) is 6.68. The Morgan fingerprint density at radius 1 is 1.00 bits per heavy atom. The minimum atomic E-state index is 0.0685. The quantitative estimate of drug-likeness (QED) is 0.818. The highest BCUT2D eigenvalue weighted by molar-refractivity contribution is 5.32. The second-order valence-electron chi connectivity index (χ2n) is 5.74. The summed E-state index contributed by atoms with van der Waals surface area (Å²) >= 11 is 0. The molecule has 2 rings (SSSR count). The molecule has 0 fully saturated rings. The van der Waals surface area contributed by atoms with E-state index in [9.17, 15) is 0 Å². The minimum absolute atomic E-state index is 0.0685. The van der Waals surface area contributed by atoms with Crippen LogP contribution in [0.5, 0.6) is 0 Å². The predicted molar refractivity (Wildman–Crippen MR) is 73.8 cm³/mol. The number of hydrogen-bond donors (Lipinski definition) is 1. The van der Waals surface area contributed by atoms with Crippen LogP contribution in [0.1, 0.15) is 37.9 Å². The van der Waals surface area contributed by atoms with Crippen molar-refractivity contribution in [1.29, 1.82) is 0 Å². The van der Waals surface area contributed by atoms with E-state index in [-0.39, 0.29) is 11.5 Å². The molecule has 0 heterocycles. The molecule has 0 spiro atoms. The SMILES string of the molecule is CC(C)(C)c1ccc([C@@H](N)C2C=CC=C2)cc1. The average molecular weight is 227 g/mol. The third-order valence-electron chi connectivity index (χ3n) is 3.35. The normalized spacial score (nSPS) is 17.6. The summed E-state index contributed by atoms with van der Waals surface area (Å²) in [6, 6.07) is 8.77. The minimum Gasteiger partial charge on any atom is -0.323 e. The van der Waals surface area contributed by atoms with Crippen LogP contribution in [0.2, 0.25) is 0 Å². The van der Waals surface area contributed by atoms with Gasteiger partial charge in [0.25, 0.3) is 0 Å². The fourth-order valence-corrected chi connectivity index (χ4v) is 2.12. The number of benzene rings is 1. The molecule has 17 heavy (non-hydrogen) atoms. The van der Waals surface area contributed by atoms with Crippen LogP contribution in [0.25, 0.3) is 0 Å². The maximum atomic E-state index is 6.26. The zero-order valence-corrected chi connectivity index (χ0v) is 10.9. The van der Waals surface area contributed by atoms with E-state index < -0.39 is 0 Å². The highest BCUT2D eigenvalue weighted by Crippen LogP contribution is 2.27. The lowest BCUT2D eigenvalue weighted by atomic mass is 9.85. The Labute approximate surface area is 104 Å². The highest BCUT2D eigenvalue weighted by atomic mass is 14.6. The van der Waals surface area contributed by atoms with E-state index in [0.29, 0.717) is 5.92 Å². The zero-order chi connectivity index (χ0) is 12.5. The molecule has 0 amide bonds. The Bertz CT molecular complexity index is 420. The summed E-state index contributed by atoms with van der Waals surface area (Å²) in [5.74, 6) is 0.343. The summed E-state index contributed by atoms with van der Waals surface area (Å²) in [5.41, 5.74) is 9.02. The molecule has 2 N–H and O–H groups in total. The summed E-state index contributed by atoms with van der Waals surface area (Å²) in [5, 5.41) is 0. The Morgan fingerprint density at radius 3 is 2.00 bits per heavy atom. The van der Waals surface area contributed by atoms with E-state index >= 15 is 0 Å². The van der Waals surface area contributed by atoms with E-state index in [2.05, 4.69) is 69.3 Å². The van der Waals surface area contributed by atoms with Crippen molar-refractivity contribution in [3.63, 3.8) is 0 Å². The molecular weight excluding hydrogens is 206 g/mol. The fourth-order valence-electron chi connectivity index (χ4n) is 2.12. The lowest BCUT2D eigenvalue weighted by Crippen LogP contribution is -2.18. The van der Waals surface area contributed by atoms with Gasteiger partial charge in [0, 0.05) is 12.0 Å². The van der Waals surface area contributed by atoms with Gasteiger partial charge in [-0.05, 0) is 16.5 Å². The van der Waals surface area contributed by atoms with Crippen molar-refractivity contribution in [2.24, 2.45) is 11.7 Å². The molecule has 1 aliphatic carbocycles. The summed E-state index contributed by atoms with van der Waals surface area (Å²) in [6.07, 6.45) is 8.44. The largest absolute Gasteiger partial charge is 0.323 e. The predicted octanol–water partition coefficient (Wildman–Crippen LogP) is 3.73. The van der Waals surface area contributed by atoms with Gasteiger partial charge in [-0.15, -0.1) is 0 Å². The monoisotopic (exact) mass is 227 g/mol. The molecule has 0 unspecified atom stereocenters. The zero-order valence-electron chi connectivity index (χ0n) is 10.9. The van der Waals surface area contributed by atoms with Gasteiger partial charge in [-0.3, -0.25) is 0 Å². The first-order valence-corrected chi connectivity index (χ1v) is 6.19. The van der Waals surface area contributed by atoms with E-state index in [1.807, 2.05) is 0 Å². The van der Waals surface area contributed by atoms with Crippen LogP contribution >= 0.6 is 0 Å². The van der Waals surface area contributed by atoms with Crippen LogP contribution in [-0.4, -0.2) is 0 Å². The molecule has 0 saturated carbocycles. The molecule has 1 nitrogen and oxygen atoms in total. The van der Waals surface area contributed by atoms with Crippen LogP contribution in [-0.2, 0) is 5.41 Å². The van der Waals surface area contributed by atoms with Gasteiger partial charge in [-0.2, -0.15) is 0 Å².